The third-order valence-corrected chi connectivity index (χ3v) is 7.52. The van der Waals surface area contributed by atoms with E-state index in [0.717, 1.165) is 5.69 Å². The first-order valence-corrected chi connectivity index (χ1v) is 12.2. The van der Waals surface area contributed by atoms with Crippen LogP contribution in [0.1, 0.15) is 11.3 Å². The predicted octanol–water partition coefficient (Wildman–Crippen LogP) is 2.11. The molecule has 10 nitrogen and oxygen atoms in total. The lowest BCUT2D eigenvalue weighted by Crippen LogP contribution is -2.58. The number of aryl methyl sites for hydroxylation is 1. The van der Waals surface area contributed by atoms with Crippen molar-refractivity contribution >= 4 is 27.6 Å². The first-order valence-electron chi connectivity index (χ1n) is 10.8. The predicted molar refractivity (Wildman–Crippen MR) is 128 cm³/mol. The summed E-state index contributed by atoms with van der Waals surface area (Å²) in [5, 5.41) is 5.16. The normalized spacial score (nSPS) is 17.6. The lowest BCUT2D eigenvalue weighted by molar-refractivity contribution is 0.0633. The minimum Gasteiger partial charge on any atom is -0.383 e. The zero-order valence-corrected chi connectivity index (χ0v) is 20.6. The van der Waals surface area contributed by atoms with Gasteiger partial charge in [-0.15, -0.1) is 0 Å². The number of nitrogens with zero attached hydrogens (tertiary/aromatic N) is 4. The summed E-state index contributed by atoms with van der Waals surface area (Å²) in [6.07, 6.45) is 1.52. The number of piperazine rings is 1. The molecule has 0 bridgehead atoms. The largest absolute Gasteiger partial charge is 0.383 e. The molecule has 1 aromatic carbocycles. The van der Waals surface area contributed by atoms with E-state index in [1.54, 1.807) is 24.3 Å². The number of methoxy groups -OCH3 is 1. The van der Waals surface area contributed by atoms with Crippen LogP contribution in [0.5, 0.6) is 0 Å². The Labute approximate surface area is 199 Å². The highest BCUT2D eigenvalue weighted by atomic mass is 32.2. The molecular formula is C22H31FN6O4S. The Hall–Kier alpha value is -2.64. The summed E-state index contributed by atoms with van der Waals surface area (Å²) in [7, 11) is 0.905. The van der Waals surface area contributed by atoms with Gasteiger partial charge in [-0.1, -0.05) is 12.1 Å². The third-order valence-electron chi connectivity index (χ3n) is 5.52. The molecule has 2 aromatic rings. The van der Waals surface area contributed by atoms with Gasteiger partial charge < -0.3 is 15.4 Å². The van der Waals surface area contributed by atoms with Gasteiger partial charge in [0.05, 0.1) is 30.2 Å². The molecule has 0 aliphatic carbocycles. The summed E-state index contributed by atoms with van der Waals surface area (Å²) in [4.78, 5) is 18.4. The molecule has 3 rings (SSSR count). The van der Waals surface area contributed by atoms with Crippen molar-refractivity contribution < 1.29 is 22.3 Å². The highest BCUT2D eigenvalue weighted by Gasteiger charge is 2.36. The molecule has 2 amide bonds. The second kappa shape index (κ2) is 11.2. The molecule has 186 valence electrons. The maximum absolute atomic E-state index is 15.2. The van der Waals surface area contributed by atoms with Gasteiger partial charge in [0.2, 0.25) is 0 Å². The first-order chi connectivity index (χ1) is 16.1. The van der Waals surface area contributed by atoms with E-state index < -0.39 is 28.1 Å². The van der Waals surface area contributed by atoms with Crippen molar-refractivity contribution in [3.8, 4) is 0 Å². The van der Waals surface area contributed by atoms with Gasteiger partial charge in [-0.25, -0.2) is 9.18 Å². The van der Waals surface area contributed by atoms with E-state index in [1.807, 2.05) is 11.8 Å². The van der Waals surface area contributed by atoms with Gasteiger partial charge in [-0.05, 0) is 25.1 Å². The zero-order valence-electron chi connectivity index (χ0n) is 19.8. The number of benzene rings is 1. The molecule has 1 fully saturated rings. The highest BCUT2D eigenvalue weighted by molar-refractivity contribution is 7.86. The van der Waals surface area contributed by atoms with Crippen LogP contribution in [0.25, 0.3) is 0 Å². The number of anilines is 2. The van der Waals surface area contributed by atoms with E-state index in [4.69, 9.17) is 4.74 Å². The molecule has 1 aliphatic rings. The number of aromatic nitrogens is 1. The number of carbonyl (C=O) groups excluding carboxylic acids is 1. The Kier molecular flexibility index (Phi) is 8.55. The Balaban J connectivity index is 1.67. The molecular weight excluding hydrogens is 463 g/mol. The van der Waals surface area contributed by atoms with Crippen LogP contribution in [0.4, 0.5) is 20.6 Å². The van der Waals surface area contributed by atoms with Crippen molar-refractivity contribution in [2.45, 2.75) is 19.5 Å². The molecule has 1 aliphatic heterocycles. The second-order valence-corrected chi connectivity index (χ2v) is 10.4. The van der Waals surface area contributed by atoms with Gasteiger partial charge in [0.25, 0.3) is 10.2 Å². The molecule has 0 unspecified atom stereocenters. The number of nitrogens with one attached hydrogen (secondary N) is 2. The fourth-order valence-corrected chi connectivity index (χ4v) is 4.99. The zero-order chi connectivity index (χ0) is 24.9. The smallest absolute Gasteiger partial charge is 0.323 e. The SMILES string of the molecule is COC[C@@H]1CN(Cc2cccc(NC(=O)Nc3ccc(C)nc3)c2F)CCN1S(=O)(=O)N(C)C. The average Bonchev–Trinajstić information content (AvgIpc) is 2.78. The highest BCUT2D eigenvalue weighted by Crippen LogP contribution is 2.23. The van der Waals surface area contributed by atoms with Gasteiger partial charge >= 0.3 is 6.03 Å². The van der Waals surface area contributed by atoms with Crippen molar-refractivity contribution in [2.75, 3.05) is 58.1 Å². The number of halogens is 1. The van der Waals surface area contributed by atoms with Crippen molar-refractivity contribution in [1.82, 2.24) is 18.5 Å². The van der Waals surface area contributed by atoms with Crippen LogP contribution >= 0.6 is 0 Å². The first kappa shape index (κ1) is 26.0. The maximum Gasteiger partial charge on any atom is 0.323 e. The quantitative estimate of drug-likeness (QED) is 0.582. The van der Waals surface area contributed by atoms with Crippen molar-refractivity contribution in [2.24, 2.45) is 0 Å². The molecule has 0 saturated carbocycles. The maximum atomic E-state index is 15.2. The van der Waals surface area contributed by atoms with Crippen LogP contribution < -0.4 is 10.6 Å². The second-order valence-electron chi connectivity index (χ2n) is 8.29. The topological polar surface area (TPSA) is 107 Å². The van der Waals surface area contributed by atoms with E-state index in [2.05, 4.69) is 15.6 Å². The Morgan fingerprint density at radius 3 is 2.65 bits per heavy atom. The number of carbonyl (C=O) groups is 1. The molecule has 2 N–H and O–H groups in total. The molecule has 1 saturated heterocycles. The van der Waals surface area contributed by atoms with E-state index in [-0.39, 0.29) is 25.4 Å². The number of ether oxygens (including phenoxy) is 1. The summed E-state index contributed by atoms with van der Waals surface area (Å²) in [6.45, 7) is 3.41. The lowest BCUT2D eigenvalue weighted by atomic mass is 10.1. The van der Waals surface area contributed by atoms with Crippen LogP contribution in [0.2, 0.25) is 0 Å². The Bertz CT molecular complexity index is 1100. The monoisotopic (exact) mass is 494 g/mol. The van der Waals surface area contributed by atoms with E-state index >= 15 is 4.39 Å². The van der Waals surface area contributed by atoms with Crippen LogP contribution in [-0.4, -0.2) is 86.4 Å². The molecule has 1 atom stereocenters. The van der Waals surface area contributed by atoms with Crippen molar-refractivity contribution in [3.63, 3.8) is 0 Å². The Morgan fingerprint density at radius 1 is 1.24 bits per heavy atom. The van der Waals surface area contributed by atoms with E-state index in [9.17, 15) is 13.2 Å². The van der Waals surface area contributed by atoms with Crippen LogP contribution in [0, 0.1) is 12.7 Å². The van der Waals surface area contributed by atoms with E-state index in [1.165, 1.54) is 42.1 Å². The Morgan fingerprint density at radius 2 is 2.00 bits per heavy atom. The van der Waals surface area contributed by atoms with Gasteiger partial charge in [0.15, 0.2) is 5.82 Å². The van der Waals surface area contributed by atoms with E-state index in [0.29, 0.717) is 24.3 Å². The van der Waals surface area contributed by atoms with Crippen LogP contribution in [0.3, 0.4) is 0 Å². The molecule has 12 heteroatoms. The van der Waals surface area contributed by atoms with Crippen molar-refractivity contribution in [1.29, 1.82) is 0 Å². The van der Waals surface area contributed by atoms with Gasteiger partial charge in [-0.2, -0.15) is 17.0 Å². The number of hydrogen-bond acceptors (Lipinski definition) is 6. The minimum atomic E-state index is -3.60. The van der Waals surface area contributed by atoms with Crippen LogP contribution in [-0.2, 0) is 21.5 Å². The number of hydrogen-bond donors (Lipinski definition) is 2. The molecule has 0 radical (unpaired) electrons. The molecule has 34 heavy (non-hydrogen) atoms. The number of urea groups is 1. The summed E-state index contributed by atoms with van der Waals surface area (Å²) in [5.41, 5.74) is 1.76. The third kappa shape index (κ3) is 6.27. The summed E-state index contributed by atoms with van der Waals surface area (Å²) in [6, 6.07) is 7.30. The fraction of sp³-hybridized carbons (Fsp3) is 0.455. The average molecular weight is 495 g/mol. The number of amides is 2. The summed E-state index contributed by atoms with van der Waals surface area (Å²) >= 11 is 0. The number of pyridine rings is 1. The standard InChI is InChI=1S/C22H31FN6O4S/c1-16-8-9-18(12-24-16)25-22(30)26-20-7-5-6-17(21(20)23)13-28-10-11-29(19(14-28)15-33-4)34(31,32)27(2)3/h5-9,12,19H,10-11,13-15H2,1-4H3,(H2,25,26,30)/t19-/m0/s1. The van der Waals surface area contributed by atoms with Gasteiger partial charge in [0.1, 0.15) is 0 Å². The molecule has 2 heterocycles. The van der Waals surface area contributed by atoms with Crippen molar-refractivity contribution in [3.05, 3.63) is 53.6 Å². The number of rotatable bonds is 8. The summed E-state index contributed by atoms with van der Waals surface area (Å²) < 4.78 is 48.3. The molecule has 0 spiro atoms. The lowest BCUT2D eigenvalue weighted by Gasteiger charge is -2.41. The summed E-state index contributed by atoms with van der Waals surface area (Å²) in [5.74, 6) is -0.536. The van der Waals surface area contributed by atoms with Crippen LogP contribution in [0.15, 0.2) is 36.5 Å². The van der Waals surface area contributed by atoms with Gasteiger partial charge in [-0.3, -0.25) is 9.88 Å². The fourth-order valence-electron chi connectivity index (χ4n) is 3.75. The van der Waals surface area contributed by atoms with Gasteiger partial charge in [0, 0.05) is 58.6 Å². The molecule has 1 aromatic heterocycles. The minimum absolute atomic E-state index is 0.0531.